The molecule has 1 amide bonds. The topological polar surface area (TPSA) is 66.5 Å². The molecule has 1 aliphatic heterocycles. The van der Waals surface area contributed by atoms with Crippen LogP contribution in [0.15, 0.2) is 47.4 Å². The third-order valence-corrected chi connectivity index (χ3v) is 6.36. The van der Waals surface area contributed by atoms with Gasteiger partial charge in [0.25, 0.3) is 0 Å². The predicted molar refractivity (Wildman–Crippen MR) is 92.1 cm³/mol. The molecule has 0 radical (unpaired) electrons. The van der Waals surface area contributed by atoms with Gasteiger partial charge in [-0.3, -0.25) is 4.79 Å². The summed E-state index contributed by atoms with van der Waals surface area (Å²) in [6, 6.07) is 9.73. The monoisotopic (exact) mass is 382 g/mol. The molecule has 2 aromatic rings. The standard InChI is InChI=1S/C17H16ClFN2O3S/c1-20-17(22)15-8-11-4-2-3-5-12(11)10-21(15)25(23,24)16-7-6-13(18)9-14(16)19/h2-7,9,15H,8,10H2,1H3,(H,20,22). The van der Waals surface area contributed by atoms with E-state index < -0.39 is 32.7 Å². The number of nitrogens with zero attached hydrogens (tertiary/aromatic N) is 1. The molecule has 8 heteroatoms. The van der Waals surface area contributed by atoms with Gasteiger partial charge in [0.2, 0.25) is 15.9 Å². The molecule has 0 saturated heterocycles. The summed E-state index contributed by atoms with van der Waals surface area (Å²) in [4.78, 5) is 11.8. The van der Waals surface area contributed by atoms with Crippen LogP contribution in [0.4, 0.5) is 4.39 Å². The number of nitrogens with one attached hydrogen (secondary N) is 1. The molecular formula is C17H16ClFN2O3S. The number of halogens is 2. The number of rotatable bonds is 3. The van der Waals surface area contributed by atoms with Crippen molar-refractivity contribution < 1.29 is 17.6 Å². The van der Waals surface area contributed by atoms with Crippen LogP contribution in [0.1, 0.15) is 11.1 Å². The SMILES string of the molecule is CNC(=O)C1Cc2ccccc2CN1S(=O)(=O)c1ccc(Cl)cc1F. The van der Waals surface area contributed by atoms with Crippen molar-refractivity contribution in [3.63, 3.8) is 0 Å². The molecule has 3 rings (SSSR count). The largest absolute Gasteiger partial charge is 0.358 e. The fraction of sp³-hybridized carbons (Fsp3) is 0.235. The molecule has 132 valence electrons. The first kappa shape index (κ1) is 17.8. The van der Waals surface area contributed by atoms with Gasteiger partial charge in [0.05, 0.1) is 0 Å². The molecule has 5 nitrogen and oxygen atoms in total. The maximum absolute atomic E-state index is 14.2. The first-order valence-electron chi connectivity index (χ1n) is 7.60. The maximum atomic E-state index is 14.2. The second-order valence-electron chi connectivity index (χ2n) is 5.73. The maximum Gasteiger partial charge on any atom is 0.247 e. The molecule has 0 bridgehead atoms. The molecule has 0 aliphatic carbocycles. The van der Waals surface area contributed by atoms with Crippen molar-refractivity contribution >= 4 is 27.5 Å². The predicted octanol–water partition coefficient (Wildman–Crippen LogP) is 2.34. The molecule has 0 spiro atoms. The number of carbonyl (C=O) groups excluding carboxylic acids is 1. The highest BCUT2D eigenvalue weighted by Gasteiger charge is 2.40. The highest BCUT2D eigenvalue weighted by Crippen LogP contribution is 2.30. The first-order valence-corrected chi connectivity index (χ1v) is 9.41. The van der Waals surface area contributed by atoms with E-state index in [-0.39, 0.29) is 18.0 Å². The highest BCUT2D eigenvalue weighted by atomic mass is 35.5. The highest BCUT2D eigenvalue weighted by molar-refractivity contribution is 7.89. The third kappa shape index (κ3) is 3.27. The van der Waals surface area contributed by atoms with Gasteiger partial charge in [0, 0.05) is 18.6 Å². The van der Waals surface area contributed by atoms with Crippen LogP contribution in [0.5, 0.6) is 0 Å². The van der Waals surface area contributed by atoms with Gasteiger partial charge in [0.1, 0.15) is 16.8 Å². The lowest BCUT2D eigenvalue weighted by molar-refractivity contribution is -0.124. The Morgan fingerprint density at radius 1 is 1.24 bits per heavy atom. The fourth-order valence-corrected chi connectivity index (χ4v) is 4.72. The Labute approximate surface area is 150 Å². The van der Waals surface area contributed by atoms with Crippen LogP contribution in [0.25, 0.3) is 0 Å². The fourth-order valence-electron chi connectivity index (χ4n) is 2.95. The summed E-state index contributed by atoms with van der Waals surface area (Å²) >= 11 is 5.71. The van der Waals surface area contributed by atoms with Gasteiger partial charge in [0.15, 0.2) is 0 Å². The molecule has 1 atom stereocenters. The molecule has 1 heterocycles. The minimum Gasteiger partial charge on any atom is -0.358 e. The minimum absolute atomic E-state index is 0.00133. The zero-order valence-corrected chi connectivity index (χ0v) is 14.9. The number of sulfonamides is 1. The summed E-state index contributed by atoms with van der Waals surface area (Å²) in [5.41, 5.74) is 1.69. The summed E-state index contributed by atoms with van der Waals surface area (Å²) in [6.07, 6.45) is 0.226. The van der Waals surface area contributed by atoms with Gasteiger partial charge in [-0.05, 0) is 35.7 Å². The number of hydrogen-bond donors (Lipinski definition) is 1. The van der Waals surface area contributed by atoms with E-state index in [4.69, 9.17) is 11.6 Å². The molecular weight excluding hydrogens is 367 g/mol. The first-order chi connectivity index (χ1) is 11.8. The van der Waals surface area contributed by atoms with E-state index in [0.29, 0.717) is 0 Å². The van der Waals surface area contributed by atoms with Gasteiger partial charge in [-0.25, -0.2) is 12.8 Å². The van der Waals surface area contributed by atoms with Crippen LogP contribution in [-0.4, -0.2) is 31.7 Å². The van der Waals surface area contributed by atoms with Crippen LogP contribution in [0, 0.1) is 5.82 Å². The van der Waals surface area contributed by atoms with Gasteiger partial charge < -0.3 is 5.32 Å². The number of likely N-dealkylation sites (N-methyl/N-ethyl adjacent to an activating group) is 1. The van der Waals surface area contributed by atoms with Crippen molar-refractivity contribution in [1.29, 1.82) is 0 Å². The Morgan fingerprint density at radius 2 is 1.92 bits per heavy atom. The number of fused-ring (bicyclic) bond motifs is 1. The van der Waals surface area contributed by atoms with Crippen molar-refractivity contribution in [2.45, 2.75) is 23.9 Å². The Balaban J connectivity index is 2.10. The quantitative estimate of drug-likeness (QED) is 0.886. The molecule has 1 N–H and O–H groups in total. The lowest BCUT2D eigenvalue weighted by Gasteiger charge is -2.34. The van der Waals surface area contributed by atoms with Crippen molar-refractivity contribution in [2.24, 2.45) is 0 Å². The van der Waals surface area contributed by atoms with Crippen LogP contribution in [0.2, 0.25) is 5.02 Å². The summed E-state index contributed by atoms with van der Waals surface area (Å²) in [7, 11) is -2.78. The van der Waals surface area contributed by atoms with Crippen LogP contribution < -0.4 is 5.32 Å². The van der Waals surface area contributed by atoms with E-state index in [1.54, 1.807) is 12.1 Å². The summed E-state index contributed by atoms with van der Waals surface area (Å²) < 4.78 is 41.3. The molecule has 1 unspecified atom stereocenters. The van der Waals surface area contributed by atoms with E-state index >= 15 is 0 Å². The van der Waals surface area contributed by atoms with E-state index in [2.05, 4.69) is 5.32 Å². The minimum atomic E-state index is -4.22. The van der Waals surface area contributed by atoms with E-state index in [1.807, 2.05) is 12.1 Å². The Bertz CT molecular complexity index is 933. The van der Waals surface area contributed by atoms with Crippen molar-refractivity contribution in [2.75, 3.05) is 7.05 Å². The summed E-state index contributed by atoms with van der Waals surface area (Å²) in [6.45, 7) is -0.00133. The van der Waals surface area contributed by atoms with Gasteiger partial charge in [-0.2, -0.15) is 4.31 Å². The number of benzene rings is 2. The number of carbonyl (C=O) groups is 1. The zero-order valence-electron chi connectivity index (χ0n) is 13.4. The normalized spacial score (nSPS) is 17.8. The second-order valence-corrected chi connectivity index (χ2v) is 8.02. The Hall–Kier alpha value is -1.96. The van der Waals surface area contributed by atoms with E-state index in [9.17, 15) is 17.6 Å². The molecule has 1 aliphatic rings. The van der Waals surface area contributed by atoms with Gasteiger partial charge in [-0.15, -0.1) is 0 Å². The molecule has 25 heavy (non-hydrogen) atoms. The smallest absolute Gasteiger partial charge is 0.247 e. The Morgan fingerprint density at radius 3 is 2.56 bits per heavy atom. The third-order valence-electron chi connectivity index (χ3n) is 4.24. The van der Waals surface area contributed by atoms with Crippen molar-refractivity contribution in [3.05, 3.63) is 64.4 Å². The second kappa shape index (κ2) is 6.74. The van der Waals surface area contributed by atoms with Crippen molar-refractivity contribution in [3.8, 4) is 0 Å². The molecule has 2 aromatic carbocycles. The molecule has 0 aromatic heterocycles. The van der Waals surface area contributed by atoms with Crippen molar-refractivity contribution in [1.82, 2.24) is 9.62 Å². The molecule has 0 saturated carbocycles. The Kier molecular flexibility index (Phi) is 4.81. The summed E-state index contributed by atoms with van der Waals surface area (Å²) in [5.74, 6) is -1.38. The average molecular weight is 383 g/mol. The van der Waals surface area contributed by atoms with E-state index in [1.165, 1.54) is 13.1 Å². The van der Waals surface area contributed by atoms with Gasteiger partial charge >= 0.3 is 0 Å². The van der Waals surface area contributed by atoms with Crippen LogP contribution >= 0.6 is 11.6 Å². The molecule has 0 fully saturated rings. The van der Waals surface area contributed by atoms with Crippen LogP contribution in [0.3, 0.4) is 0 Å². The number of amides is 1. The average Bonchev–Trinajstić information content (AvgIpc) is 2.59. The van der Waals surface area contributed by atoms with Crippen LogP contribution in [-0.2, 0) is 27.8 Å². The van der Waals surface area contributed by atoms with E-state index in [0.717, 1.165) is 27.6 Å². The summed E-state index contributed by atoms with van der Waals surface area (Å²) in [5, 5.41) is 2.58. The van der Waals surface area contributed by atoms with Gasteiger partial charge in [-0.1, -0.05) is 35.9 Å². The number of hydrogen-bond acceptors (Lipinski definition) is 3. The zero-order chi connectivity index (χ0) is 18.2. The lowest BCUT2D eigenvalue weighted by atomic mass is 9.95. The lowest BCUT2D eigenvalue weighted by Crippen LogP contribution is -2.51.